The number of benzene rings is 2. The SMILES string of the molecule is COC(=O)c1ccccc1S(=O)Cc1ccccc1. The van der Waals surface area contributed by atoms with Crippen LogP contribution < -0.4 is 0 Å². The van der Waals surface area contributed by atoms with Crippen molar-refractivity contribution in [2.45, 2.75) is 10.6 Å². The lowest BCUT2D eigenvalue weighted by molar-refractivity contribution is 0.0596. The van der Waals surface area contributed by atoms with Gasteiger partial charge in [-0.25, -0.2) is 4.79 Å². The van der Waals surface area contributed by atoms with Gasteiger partial charge in [0.15, 0.2) is 0 Å². The molecule has 0 spiro atoms. The molecule has 0 aromatic heterocycles. The third-order valence-corrected chi connectivity index (χ3v) is 4.12. The smallest absolute Gasteiger partial charge is 0.339 e. The Labute approximate surface area is 114 Å². The molecule has 0 saturated carbocycles. The molecule has 0 aliphatic carbocycles. The first-order valence-corrected chi connectivity index (χ1v) is 7.14. The van der Waals surface area contributed by atoms with E-state index in [0.717, 1.165) is 5.56 Å². The molecule has 0 N–H and O–H groups in total. The van der Waals surface area contributed by atoms with Gasteiger partial charge in [-0.15, -0.1) is 0 Å². The van der Waals surface area contributed by atoms with Gasteiger partial charge >= 0.3 is 5.97 Å². The summed E-state index contributed by atoms with van der Waals surface area (Å²) in [5.74, 6) is -0.0773. The summed E-state index contributed by atoms with van der Waals surface area (Å²) in [7, 11) is 0.0497. The average Bonchev–Trinajstić information content (AvgIpc) is 2.47. The second-order valence-corrected chi connectivity index (χ2v) is 5.38. The van der Waals surface area contributed by atoms with Crippen molar-refractivity contribution in [1.29, 1.82) is 0 Å². The molecular formula is C15H14O3S. The lowest BCUT2D eigenvalue weighted by Gasteiger charge is -2.07. The van der Waals surface area contributed by atoms with Gasteiger partial charge < -0.3 is 4.74 Å². The molecule has 19 heavy (non-hydrogen) atoms. The van der Waals surface area contributed by atoms with Crippen LogP contribution in [0.15, 0.2) is 59.5 Å². The van der Waals surface area contributed by atoms with Crippen LogP contribution in [-0.2, 0) is 21.3 Å². The molecule has 0 amide bonds. The highest BCUT2D eigenvalue weighted by Crippen LogP contribution is 2.17. The Morgan fingerprint density at radius 1 is 1.05 bits per heavy atom. The van der Waals surface area contributed by atoms with Gasteiger partial charge in [-0.3, -0.25) is 4.21 Å². The van der Waals surface area contributed by atoms with Crippen molar-refractivity contribution in [3.8, 4) is 0 Å². The normalized spacial score (nSPS) is 11.8. The van der Waals surface area contributed by atoms with Gasteiger partial charge in [0.1, 0.15) is 0 Å². The van der Waals surface area contributed by atoms with Gasteiger partial charge in [0.05, 0.1) is 34.1 Å². The Hall–Kier alpha value is -1.94. The molecule has 0 bridgehead atoms. The van der Waals surface area contributed by atoms with Gasteiger partial charge in [-0.1, -0.05) is 42.5 Å². The number of carbonyl (C=O) groups excluding carboxylic acids is 1. The molecule has 4 heteroatoms. The molecule has 1 atom stereocenters. The fraction of sp³-hybridized carbons (Fsp3) is 0.133. The van der Waals surface area contributed by atoms with E-state index in [4.69, 9.17) is 4.74 Å². The van der Waals surface area contributed by atoms with Crippen LogP contribution in [0.3, 0.4) is 0 Å². The topological polar surface area (TPSA) is 43.4 Å². The molecular weight excluding hydrogens is 260 g/mol. The number of ether oxygens (including phenoxy) is 1. The quantitative estimate of drug-likeness (QED) is 0.805. The minimum absolute atomic E-state index is 0.360. The molecule has 0 saturated heterocycles. The Morgan fingerprint density at radius 3 is 2.37 bits per heavy atom. The van der Waals surface area contributed by atoms with E-state index in [1.165, 1.54) is 7.11 Å². The van der Waals surface area contributed by atoms with Crippen LogP contribution in [0, 0.1) is 0 Å². The number of carbonyl (C=O) groups is 1. The zero-order chi connectivity index (χ0) is 13.7. The highest BCUT2D eigenvalue weighted by Gasteiger charge is 2.15. The molecule has 3 nitrogen and oxygen atoms in total. The first-order valence-electron chi connectivity index (χ1n) is 5.82. The van der Waals surface area contributed by atoms with Crippen LogP contribution in [0.5, 0.6) is 0 Å². The summed E-state index contributed by atoms with van der Waals surface area (Å²) in [5.41, 5.74) is 1.33. The number of esters is 1. The number of rotatable bonds is 4. The number of hydrogen-bond acceptors (Lipinski definition) is 3. The van der Waals surface area contributed by atoms with Crippen LogP contribution in [0.25, 0.3) is 0 Å². The van der Waals surface area contributed by atoms with Crippen molar-refractivity contribution < 1.29 is 13.7 Å². The number of hydrogen-bond donors (Lipinski definition) is 0. The maximum Gasteiger partial charge on any atom is 0.339 e. The fourth-order valence-corrected chi connectivity index (χ4v) is 3.02. The monoisotopic (exact) mass is 274 g/mol. The number of methoxy groups -OCH3 is 1. The minimum atomic E-state index is -1.27. The largest absolute Gasteiger partial charge is 0.465 e. The van der Waals surface area contributed by atoms with E-state index in [1.807, 2.05) is 30.3 Å². The molecule has 0 aliphatic rings. The standard InChI is InChI=1S/C15H14O3S/c1-18-15(16)13-9-5-6-10-14(13)19(17)11-12-7-3-2-4-8-12/h2-10H,11H2,1H3. The average molecular weight is 274 g/mol. The predicted octanol–water partition coefficient (Wildman–Crippen LogP) is 2.78. The second-order valence-electron chi connectivity index (χ2n) is 3.96. The lowest BCUT2D eigenvalue weighted by atomic mass is 10.2. The maximum absolute atomic E-state index is 12.4. The first kappa shape index (κ1) is 13.5. The van der Waals surface area contributed by atoms with Crippen LogP contribution in [0.2, 0.25) is 0 Å². The summed E-state index contributed by atoms with van der Waals surface area (Å²) in [6.07, 6.45) is 0. The zero-order valence-corrected chi connectivity index (χ0v) is 11.4. The van der Waals surface area contributed by atoms with Gasteiger partial charge in [0.2, 0.25) is 0 Å². The Bertz CT molecular complexity index is 593. The van der Waals surface area contributed by atoms with Crippen molar-refractivity contribution in [2.24, 2.45) is 0 Å². The van der Waals surface area contributed by atoms with Crippen molar-refractivity contribution >= 4 is 16.8 Å². The summed E-state index contributed by atoms with van der Waals surface area (Å²) in [6.45, 7) is 0. The molecule has 1 unspecified atom stereocenters. The molecule has 2 rings (SSSR count). The van der Waals surface area contributed by atoms with E-state index in [1.54, 1.807) is 24.3 Å². The van der Waals surface area contributed by atoms with Gasteiger partial charge in [-0.2, -0.15) is 0 Å². The molecule has 0 aliphatic heterocycles. The van der Waals surface area contributed by atoms with Gasteiger partial charge in [0.25, 0.3) is 0 Å². The minimum Gasteiger partial charge on any atom is -0.465 e. The Morgan fingerprint density at radius 2 is 1.68 bits per heavy atom. The second kappa shape index (κ2) is 6.29. The van der Waals surface area contributed by atoms with E-state index in [0.29, 0.717) is 16.2 Å². The van der Waals surface area contributed by atoms with Gasteiger partial charge in [0, 0.05) is 0 Å². The summed E-state index contributed by atoms with van der Waals surface area (Å²) < 4.78 is 17.1. The maximum atomic E-state index is 12.4. The lowest BCUT2D eigenvalue weighted by Crippen LogP contribution is -2.08. The van der Waals surface area contributed by atoms with E-state index in [9.17, 15) is 9.00 Å². The fourth-order valence-electron chi connectivity index (χ4n) is 1.75. The first-order chi connectivity index (χ1) is 9.22. The predicted molar refractivity (Wildman–Crippen MR) is 74.3 cm³/mol. The van der Waals surface area contributed by atoms with Crippen molar-refractivity contribution in [2.75, 3.05) is 7.11 Å². The van der Waals surface area contributed by atoms with E-state index in [-0.39, 0.29) is 0 Å². The van der Waals surface area contributed by atoms with E-state index >= 15 is 0 Å². The summed E-state index contributed by atoms with van der Waals surface area (Å²) >= 11 is 0. The summed E-state index contributed by atoms with van der Waals surface area (Å²) in [4.78, 5) is 12.1. The van der Waals surface area contributed by atoms with Crippen LogP contribution in [-0.4, -0.2) is 17.3 Å². The highest BCUT2D eigenvalue weighted by molar-refractivity contribution is 7.84. The van der Waals surface area contributed by atoms with Crippen molar-refractivity contribution in [3.05, 3.63) is 65.7 Å². The van der Waals surface area contributed by atoms with Crippen LogP contribution in [0.4, 0.5) is 0 Å². The molecule has 2 aromatic carbocycles. The van der Waals surface area contributed by atoms with E-state index < -0.39 is 16.8 Å². The van der Waals surface area contributed by atoms with Crippen LogP contribution >= 0.6 is 0 Å². The van der Waals surface area contributed by atoms with Gasteiger partial charge in [-0.05, 0) is 17.7 Å². The summed E-state index contributed by atoms with van der Waals surface area (Å²) in [6, 6.07) is 16.4. The molecule has 2 aromatic rings. The third-order valence-electron chi connectivity index (χ3n) is 2.68. The Kier molecular flexibility index (Phi) is 4.47. The summed E-state index contributed by atoms with van der Waals surface area (Å²) in [5, 5.41) is 0. The molecule has 98 valence electrons. The van der Waals surface area contributed by atoms with Crippen LogP contribution in [0.1, 0.15) is 15.9 Å². The van der Waals surface area contributed by atoms with Crippen molar-refractivity contribution in [1.82, 2.24) is 0 Å². The zero-order valence-electron chi connectivity index (χ0n) is 10.5. The Balaban J connectivity index is 2.27. The third kappa shape index (κ3) is 3.29. The molecule has 0 fully saturated rings. The molecule has 0 heterocycles. The van der Waals surface area contributed by atoms with E-state index in [2.05, 4.69) is 0 Å². The van der Waals surface area contributed by atoms with Crippen molar-refractivity contribution in [3.63, 3.8) is 0 Å². The highest BCUT2D eigenvalue weighted by atomic mass is 32.2. The molecule has 0 radical (unpaired) electrons.